The van der Waals surface area contributed by atoms with Gasteiger partial charge in [-0.15, -0.1) is 0 Å². The zero-order valence-electron chi connectivity index (χ0n) is 25.3. The molecule has 0 spiro atoms. The van der Waals surface area contributed by atoms with E-state index in [0.717, 1.165) is 48.0 Å². The zero-order chi connectivity index (χ0) is 33.4. The summed E-state index contributed by atoms with van der Waals surface area (Å²) in [6.45, 7) is 5.09. The molecule has 0 aliphatic heterocycles. The highest BCUT2D eigenvalue weighted by Gasteiger charge is 2.38. The van der Waals surface area contributed by atoms with Gasteiger partial charge in [0, 0.05) is 56.9 Å². The highest BCUT2D eigenvalue weighted by molar-refractivity contribution is 5.98. The molecule has 0 aliphatic carbocycles. The highest BCUT2D eigenvalue weighted by atomic mass is 19.4. The molecule has 3 aromatic rings. The molecule has 244 valence electrons. The number of hydrogen-bond donors (Lipinski definition) is 2. The molecule has 2 N–H and O–H groups in total. The van der Waals surface area contributed by atoms with Crippen LogP contribution in [0.1, 0.15) is 47.7 Å². The number of aromatic nitrogens is 1. The molecule has 1 heterocycles. The molecule has 0 bridgehead atoms. The van der Waals surface area contributed by atoms with Crippen LogP contribution in [0.3, 0.4) is 0 Å². The van der Waals surface area contributed by atoms with Crippen molar-refractivity contribution in [2.75, 3.05) is 33.9 Å². The van der Waals surface area contributed by atoms with Crippen molar-refractivity contribution in [2.45, 2.75) is 45.5 Å². The van der Waals surface area contributed by atoms with Crippen LogP contribution in [0.4, 0.5) is 17.6 Å². The fourth-order valence-corrected chi connectivity index (χ4v) is 3.97. The number of ketones is 1. The van der Waals surface area contributed by atoms with Crippen LogP contribution >= 0.6 is 0 Å². The SMILES string of the molecule is CCCNCc1ccc(-c2ccc(CN(CCOC)C(=O)CCC(=O)c3ccc(OC)c(F)c3)cc2)nc1.O=C(O)C(F)(F)F. The maximum atomic E-state index is 14.0. The Morgan fingerprint density at radius 1 is 0.978 bits per heavy atom. The van der Waals surface area contributed by atoms with Crippen LogP contribution in [0, 0.1) is 5.82 Å². The van der Waals surface area contributed by atoms with Crippen LogP contribution in [-0.2, 0) is 27.4 Å². The monoisotopic (exact) mass is 635 g/mol. The Hall–Kier alpha value is -4.36. The summed E-state index contributed by atoms with van der Waals surface area (Å²) in [5.41, 5.74) is 4.20. The molecule has 0 unspecified atom stereocenters. The lowest BCUT2D eigenvalue weighted by atomic mass is 10.0. The van der Waals surface area contributed by atoms with Crippen LogP contribution in [-0.4, -0.2) is 72.7 Å². The Kier molecular flexibility index (Phi) is 15.1. The van der Waals surface area contributed by atoms with Crippen molar-refractivity contribution in [1.29, 1.82) is 0 Å². The number of alkyl halides is 3. The summed E-state index contributed by atoms with van der Waals surface area (Å²) in [6.07, 6.45) is -2.09. The van der Waals surface area contributed by atoms with Gasteiger partial charge in [0.1, 0.15) is 0 Å². The van der Waals surface area contributed by atoms with Crippen molar-refractivity contribution in [2.24, 2.45) is 0 Å². The first-order valence-corrected chi connectivity index (χ1v) is 14.1. The third-order valence-electron chi connectivity index (χ3n) is 6.40. The van der Waals surface area contributed by atoms with Crippen LogP contribution in [0.5, 0.6) is 5.75 Å². The summed E-state index contributed by atoms with van der Waals surface area (Å²) in [6, 6.07) is 16.1. The topological polar surface area (TPSA) is 118 Å². The summed E-state index contributed by atoms with van der Waals surface area (Å²) in [7, 11) is 2.94. The van der Waals surface area contributed by atoms with Gasteiger partial charge in [0.25, 0.3) is 0 Å². The summed E-state index contributed by atoms with van der Waals surface area (Å²) in [4.78, 5) is 40.7. The van der Waals surface area contributed by atoms with E-state index in [0.29, 0.717) is 19.7 Å². The van der Waals surface area contributed by atoms with Gasteiger partial charge in [0.2, 0.25) is 5.91 Å². The van der Waals surface area contributed by atoms with E-state index < -0.39 is 18.0 Å². The predicted octanol–water partition coefficient (Wildman–Crippen LogP) is 5.67. The quantitative estimate of drug-likeness (QED) is 0.125. The first-order valence-electron chi connectivity index (χ1n) is 14.1. The van der Waals surface area contributed by atoms with E-state index in [1.54, 1.807) is 12.0 Å². The Morgan fingerprint density at radius 3 is 2.18 bits per heavy atom. The summed E-state index contributed by atoms with van der Waals surface area (Å²) in [5.74, 6) is -3.75. The molecule has 13 heteroatoms. The van der Waals surface area contributed by atoms with Gasteiger partial charge in [-0.1, -0.05) is 37.3 Å². The molecular weight excluding hydrogens is 598 g/mol. The van der Waals surface area contributed by atoms with Crippen molar-refractivity contribution in [1.82, 2.24) is 15.2 Å². The average molecular weight is 636 g/mol. The molecule has 0 radical (unpaired) electrons. The number of nitrogens with one attached hydrogen (secondary N) is 1. The second-order valence-corrected chi connectivity index (χ2v) is 9.81. The van der Waals surface area contributed by atoms with Gasteiger partial charge >= 0.3 is 12.1 Å². The van der Waals surface area contributed by atoms with E-state index in [2.05, 4.69) is 23.3 Å². The van der Waals surface area contributed by atoms with Gasteiger partial charge in [-0.25, -0.2) is 9.18 Å². The number of ether oxygens (including phenoxy) is 2. The van der Waals surface area contributed by atoms with Crippen molar-refractivity contribution >= 4 is 17.7 Å². The second kappa shape index (κ2) is 18.4. The molecule has 9 nitrogen and oxygen atoms in total. The summed E-state index contributed by atoms with van der Waals surface area (Å²) < 4.78 is 55.8. The van der Waals surface area contributed by atoms with Crippen molar-refractivity contribution in [3.63, 3.8) is 0 Å². The molecule has 2 aromatic carbocycles. The zero-order valence-corrected chi connectivity index (χ0v) is 25.3. The number of nitrogens with zero attached hydrogens (tertiary/aromatic N) is 2. The number of Topliss-reactive ketones (excluding diaryl/α,β-unsaturated/α-hetero) is 1. The molecule has 3 rings (SSSR count). The lowest BCUT2D eigenvalue weighted by Gasteiger charge is -2.22. The number of carbonyl (C=O) groups is 3. The van der Waals surface area contributed by atoms with E-state index >= 15 is 0 Å². The normalized spacial score (nSPS) is 10.9. The molecule has 0 aliphatic rings. The van der Waals surface area contributed by atoms with E-state index in [-0.39, 0.29) is 35.8 Å². The maximum absolute atomic E-state index is 14.0. The highest BCUT2D eigenvalue weighted by Crippen LogP contribution is 2.21. The summed E-state index contributed by atoms with van der Waals surface area (Å²) >= 11 is 0. The number of benzene rings is 2. The number of carboxylic acid groups (broad SMARTS) is 1. The molecule has 1 amide bonds. The minimum Gasteiger partial charge on any atom is -0.494 e. The smallest absolute Gasteiger partial charge is 0.490 e. The minimum atomic E-state index is -5.08. The van der Waals surface area contributed by atoms with Gasteiger partial charge in [-0.2, -0.15) is 13.2 Å². The molecule has 0 atom stereocenters. The molecular formula is C32H37F4N3O6. The minimum absolute atomic E-state index is 0.0113. The molecule has 1 aromatic heterocycles. The number of rotatable bonds is 15. The van der Waals surface area contributed by atoms with Crippen LogP contribution in [0.25, 0.3) is 11.3 Å². The largest absolute Gasteiger partial charge is 0.494 e. The van der Waals surface area contributed by atoms with Gasteiger partial charge < -0.3 is 24.8 Å². The van der Waals surface area contributed by atoms with Gasteiger partial charge in [-0.05, 0) is 48.4 Å². The number of pyridine rings is 1. The van der Waals surface area contributed by atoms with Crippen molar-refractivity contribution in [3.05, 3.63) is 83.3 Å². The number of carboxylic acids is 1. The average Bonchev–Trinajstić information content (AvgIpc) is 3.02. The third-order valence-corrected chi connectivity index (χ3v) is 6.40. The number of methoxy groups -OCH3 is 2. The maximum Gasteiger partial charge on any atom is 0.490 e. The predicted molar refractivity (Wildman–Crippen MR) is 159 cm³/mol. The number of hydrogen-bond acceptors (Lipinski definition) is 7. The van der Waals surface area contributed by atoms with Crippen molar-refractivity contribution < 1.29 is 46.5 Å². The molecule has 0 saturated carbocycles. The summed E-state index contributed by atoms with van der Waals surface area (Å²) in [5, 5.41) is 10.5. The van der Waals surface area contributed by atoms with Crippen molar-refractivity contribution in [3.8, 4) is 17.0 Å². The van der Waals surface area contributed by atoms with Crippen LogP contribution < -0.4 is 10.1 Å². The number of carbonyl (C=O) groups excluding carboxylic acids is 2. The fourth-order valence-electron chi connectivity index (χ4n) is 3.97. The van der Waals surface area contributed by atoms with E-state index in [9.17, 15) is 27.2 Å². The Balaban J connectivity index is 0.000000900. The Morgan fingerprint density at radius 2 is 1.64 bits per heavy atom. The van der Waals surface area contributed by atoms with Crippen LogP contribution in [0.2, 0.25) is 0 Å². The fraction of sp³-hybridized carbons (Fsp3) is 0.375. The number of aliphatic carboxylic acids is 1. The first-order chi connectivity index (χ1) is 21.4. The lowest BCUT2D eigenvalue weighted by molar-refractivity contribution is -0.192. The second-order valence-electron chi connectivity index (χ2n) is 9.81. The van der Waals surface area contributed by atoms with Gasteiger partial charge in [0.15, 0.2) is 17.3 Å². The van der Waals surface area contributed by atoms with E-state index in [4.69, 9.17) is 19.4 Å². The standard InChI is InChI=1S/C30H36FN3O4.C2HF3O2/c1-4-15-32-19-23-7-11-27(33-20-23)24-8-5-22(6-9-24)21-34(16-17-37-2)30(36)14-12-28(35)25-10-13-29(38-3)26(31)18-25;3-2(4,5)1(6)7/h5-11,13,18,20,32H,4,12,14-17,19,21H2,1-3H3;(H,6,7). The molecule has 0 fully saturated rings. The Labute approximate surface area is 259 Å². The van der Waals surface area contributed by atoms with E-state index in [1.807, 2.05) is 36.5 Å². The Bertz CT molecular complexity index is 1380. The number of amides is 1. The third kappa shape index (κ3) is 12.6. The lowest BCUT2D eigenvalue weighted by Crippen LogP contribution is -2.33. The number of halogens is 4. The van der Waals surface area contributed by atoms with E-state index in [1.165, 1.54) is 19.2 Å². The van der Waals surface area contributed by atoms with Crippen LogP contribution in [0.15, 0.2) is 60.8 Å². The first kappa shape index (κ1) is 36.8. The van der Waals surface area contributed by atoms with Gasteiger partial charge in [0.05, 0.1) is 19.4 Å². The molecule has 45 heavy (non-hydrogen) atoms. The molecule has 0 saturated heterocycles. The van der Waals surface area contributed by atoms with Gasteiger partial charge in [-0.3, -0.25) is 14.6 Å².